The number of piperazine rings is 1. The number of carbonyl (C=O) groups excluding carboxylic acids is 3. The van der Waals surface area contributed by atoms with Crippen LogP contribution in [-0.4, -0.2) is 115 Å². The Hall–Kier alpha value is -3.58. The molecule has 2 aliphatic heterocycles. The van der Waals surface area contributed by atoms with E-state index < -0.39 is 31.5 Å². The second kappa shape index (κ2) is 17.4. The number of nitrogens with zero attached hydrogens (tertiary/aromatic N) is 4. The van der Waals surface area contributed by atoms with Gasteiger partial charge in [-0.05, 0) is 26.7 Å². The molecule has 3 amide bonds. The summed E-state index contributed by atoms with van der Waals surface area (Å²) in [5.74, 6) is -0.352. The van der Waals surface area contributed by atoms with Gasteiger partial charge in [-0.15, -0.1) is 0 Å². The molecule has 15 heteroatoms. The van der Waals surface area contributed by atoms with Gasteiger partial charge in [0.05, 0.1) is 38.6 Å². The van der Waals surface area contributed by atoms with E-state index >= 15 is 0 Å². The van der Waals surface area contributed by atoms with Gasteiger partial charge >= 0.3 is 13.7 Å². The van der Waals surface area contributed by atoms with E-state index in [1.54, 1.807) is 18.7 Å². The average molecular weight is 661 g/mol. The monoisotopic (exact) mass is 660 g/mol. The molecule has 2 N–H and O–H groups in total. The summed E-state index contributed by atoms with van der Waals surface area (Å²) in [4.78, 5) is 52.4. The van der Waals surface area contributed by atoms with Gasteiger partial charge in [-0.1, -0.05) is 43.7 Å². The normalized spacial score (nSPS) is 17.4. The number of rotatable bonds is 15. The van der Waals surface area contributed by atoms with E-state index in [2.05, 4.69) is 20.6 Å². The molecule has 1 aromatic heterocycles. The highest BCUT2D eigenvalue weighted by atomic mass is 31.2. The predicted molar refractivity (Wildman–Crippen MR) is 172 cm³/mol. The molecule has 0 spiro atoms. The topological polar surface area (TPSA) is 162 Å². The number of benzene rings is 1. The molecule has 2 unspecified atom stereocenters. The van der Waals surface area contributed by atoms with Crippen LogP contribution in [0.1, 0.15) is 50.5 Å². The van der Waals surface area contributed by atoms with E-state index in [9.17, 15) is 18.9 Å². The van der Waals surface area contributed by atoms with Crippen LogP contribution < -0.4 is 10.6 Å². The van der Waals surface area contributed by atoms with Gasteiger partial charge in [0.2, 0.25) is 5.91 Å². The fourth-order valence-electron chi connectivity index (χ4n) is 5.11. The lowest BCUT2D eigenvalue weighted by Crippen LogP contribution is -2.57. The van der Waals surface area contributed by atoms with Gasteiger partial charge in [0.25, 0.3) is 5.91 Å². The molecule has 2 aliphatic rings. The molecule has 2 saturated heterocycles. The average Bonchev–Trinajstić information content (AvgIpc) is 3.57. The van der Waals surface area contributed by atoms with E-state index in [1.807, 2.05) is 37.3 Å². The van der Waals surface area contributed by atoms with Gasteiger partial charge in [-0.3, -0.25) is 14.2 Å². The fraction of sp³-hybridized carbons (Fsp3) is 0.581. The Balaban J connectivity index is 1.56. The van der Waals surface area contributed by atoms with Crippen molar-refractivity contribution in [2.24, 2.45) is 0 Å². The largest absolute Gasteiger partial charge is 0.449 e. The van der Waals surface area contributed by atoms with Gasteiger partial charge in [0.1, 0.15) is 17.6 Å². The van der Waals surface area contributed by atoms with Crippen LogP contribution in [-0.2, 0) is 27.9 Å². The minimum atomic E-state index is -3.76. The first-order chi connectivity index (χ1) is 22.2. The highest BCUT2D eigenvalue weighted by molar-refractivity contribution is 7.54. The summed E-state index contributed by atoms with van der Waals surface area (Å²) in [5.41, 5.74) is 0.731. The zero-order chi connectivity index (χ0) is 32.9. The van der Waals surface area contributed by atoms with Crippen LogP contribution in [0.5, 0.6) is 0 Å². The van der Waals surface area contributed by atoms with Crippen LogP contribution in [0, 0.1) is 0 Å². The summed E-state index contributed by atoms with van der Waals surface area (Å²) in [6.45, 7) is 7.98. The van der Waals surface area contributed by atoms with Crippen molar-refractivity contribution in [1.82, 2.24) is 25.1 Å². The minimum absolute atomic E-state index is 0.0228. The van der Waals surface area contributed by atoms with E-state index in [1.165, 1.54) is 11.0 Å². The smallest absolute Gasteiger partial charge is 0.409 e. The summed E-state index contributed by atoms with van der Waals surface area (Å²) in [6.07, 6.45) is 1.67. The SMILES string of the molecule is CCCCOC(=O)N1CCN(C(=O)C(CP(=O)(OCC)OCC)NC(=O)c2cc(NC3CCOC3)nc(-c3ccccc3)n2)CC1. The third kappa shape index (κ3) is 9.96. The zero-order valence-corrected chi connectivity index (χ0v) is 27.7. The number of ether oxygens (including phenoxy) is 2. The van der Waals surface area contributed by atoms with Crippen LogP contribution >= 0.6 is 7.60 Å². The molecule has 2 atom stereocenters. The van der Waals surface area contributed by atoms with E-state index in [-0.39, 0.29) is 57.3 Å². The molecule has 0 aliphatic carbocycles. The molecule has 14 nitrogen and oxygen atoms in total. The number of amides is 3. The summed E-state index contributed by atoms with van der Waals surface area (Å²) >= 11 is 0. The summed E-state index contributed by atoms with van der Waals surface area (Å²) in [7, 11) is -3.76. The number of hydrogen-bond acceptors (Lipinski definition) is 11. The van der Waals surface area contributed by atoms with Crippen LogP contribution in [0.4, 0.5) is 10.6 Å². The third-order valence-electron chi connectivity index (χ3n) is 7.51. The maximum atomic E-state index is 13.9. The number of nitrogens with one attached hydrogen (secondary N) is 2. The third-order valence-corrected chi connectivity index (χ3v) is 9.62. The van der Waals surface area contributed by atoms with Crippen LogP contribution in [0.3, 0.4) is 0 Å². The first-order valence-electron chi connectivity index (χ1n) is 15.9. The lowest BCUT2D eigenvalue weighted by atomic mass is 10.2. The summed E-state index contributed by atoms with van der Waals surface area (Å²) in [5, 5.41) is 6.08. The molecule has 0 bridgehead atoms. The minimum Gasteiger partial charge on any atom is -0.449 e. The number of hydrogen-bond donors (Lipinski definition) is 2. The summed E-state index contributed by atoms with van der Waals surface area (Å²) in [6, 6.07) is 9.54. The first-order valence-corrected chi connectivity index (χ1v) is 17.7. The quantitative estimate of drug-likeness (QED) is 0.211. The van der Waals surface area contributed by atoms with Crippen molar-refractivity contribution in [1.29, 1.82) is 0 Å². The molecule has 2 fully saturated rings. The standard InChI is InChI=1S/C31H45N6O8P/c1-4-7-18-43-31(40)37-16-14-36(15-17-37)30(39)26(22-46(41,44-5-2)45-6-3)34-29(38)25-20-27(32-24-13-19-42-21-24)35-28(33-25)23-11-9-8-10-12-23/h8-12,20,24,26H,4-7,13-19,21-22H2,1-3H3,(H,34,38)(H,32,33,35). The van der Waals surface area contributed by atoms with E-state index in [0.717, 1.165) is 19.3 Å². The Kier molecular flexibility index (Phi) is 13.3. The highest BCUT2D eigenvalue weighted by Gasteiger charge is 2.37. The Labute approximate surface area is 270 Å². The Morgan fingerprint density at radius 1 is 1.02 bits per heavy atom. The fourth-order valence-corrected chi connectivity index (χ4v) is 6.88. The molecule has 4 rings (SSSR count). The second-order valence-corrected chi connectivity index (χ2v) is 13.1. The molecule has 0 saturated carbocycles. The molecule has 46 heavy (non-hydrogen) atoms. The van der Waals surface area contributed by atoms with Crippen molar-refractivity contribution in [3.05, 3.63) is 42.1 Å². The van der Waals surface area contributed by atoms with Crippen LogP contribution in [0.2, 0.25) is 0 Å². The van der Waals surface area contributed by atoms with Gasteiger partial charge in [-0.25, -0.2) is 14.8 Å². The molecule has 1 aromatic carbocycles. The zero-order valence-electron chi connectivity index (χ0n) is 26.8. The summed E-state index contributed by atoms with van der Waals surface area (Å²) < 4.78 is 35.4. The number of anilines is 1. The first kappa shape index (κ1) is 35.3. The lowest BCUT2D eigenvalue weighted by molar-refractivity contribution is -0.134. The van der Waals surface area contributed by atoms with Crippen molar-refractivity contribution in [3.63, 3.8) is 0 Å². The Morgan fingerprint density at radius 2 is 1.72 bits per heavy atom. The number of carbonyl (C=O) groups is 3. The second-order valence-electron chi connectivity index (χ2n) is 11.0. The highest BCUT2D eigenvalue weighted by Crippen LogP contribution is 2.48. The predicted octanol–water partition coefficient (Wildman–Crippen LogP) is 3.79. The van der Waals surface area contributed by atoms with Crippen molar-refractivity contribution < 1.29 is 37.5 Å². The number of unbranched alkanes of at least 4 members (excludes halogenated alkanes) is 1. The van der Waals surface area contributed by atoms with E-state index in [0.29, 0.717) is 37.0 Å². The van der Waals surface area contributed by atoms with Crippen molar-refractivity contribution >= 4 is 31.3 Å². The van der Waals surface area contributed by atoms with Crippen molar-refractivity contribution in [3.8, 4) is 11.4 Å². The van der Waals surface area contributed by atoms with Crippen molar-refractivity contribution in [2.75, 3.05) is 70.7 Å². The molecule has 252 valence electrons. The number of aromatic nitrogens is 2. The van der Waals surface area contributed by atoms with Gasteiger partial charge < -0.3 is 39.0 Å². The van der Waals surface area contributed by atoms with E-state index in [4.69, 9.17) is 18.5 Å². The lowest BCUT2D eigenvalue weighted by Gasteiger charge is -2.36. The molecular formula is C31H45N6O8P. The maximum Gasteiger partial charge on any atom is 0.409 e. The van der Waals surface area contributed by atoms with Gasteiger partial charge in [0, 0.05) is 44.4 Å². The Bertz CT molecular complexity index is 1340. The van der Waals surface area contributed by atoms with Crippen LogP contribution in [0.25, 0.3) is 11.4 Å². The van der Waals surface area contributed by atoms with Gasteiger partial charge in [0.15, 0.2) is 5.82 Å². The van der Waals surface area contributed by atoms with Crippen LogP contribution in [0.15, 0.2) is 36.4 Å². The Morgan fingerprint density at radius 3 is 2.35 bits per heavy atom. The van der Waals surface area contributed by atoms with Crippen molar-refractivity contribution in [2.45, 2.75) is 52.1 Å². The van der Waals surface area contributed by atoms with Gasteiger partial charge in [-0.2, -0.15) is 0 Å². The molecule has 2 aromatic rings. The molecular weight excluding hydrogens is 615 g/mol. The molecule has 0 radical (unpaired) electrons. The molecule has 3 heterocycles. The maximum absolute atomic E-state index is 13.9.